The molecule has 0 bridgehead atoms. The molecule has 0 aliphatic carbocycles. The predicted octanol–water partition coefficient (Wildman–Crippen LogP) is 3.26. The van der Waals surface area contributed by atoms with Crippen LogP contribution in [0, 0.1) is 5.41 Å². The van der Waals surface area contributed by atoms with Crippen LogP contribution in [0.15, 0.2) is 24.3 Å². The fourth-order valence-corrected chi connectivity index (χ4v) is 1.75. The number of para-hydroxylation sites is 1. The summed E-state index contributed by atoms with van der Waals surface area (Å²) in [6, 6.07) is 7.37. The topological polar surface area (TPSA) is 40.5 Å². The second-order valence-electron chi connectivity index (χ2n) is 5.48. The van der Waals surface area contributed by atoms with E-state index in [1.54, 1.807) is 12.1 Å². The molecule has 0 amide bonds. The van der Waals surface area contributed by atoms with Crippen molar-refractivity contribution in [3.8, 4) is 0 Å². The van der Waals surface area contributed by atoms with Gasteiger partial charge in [0.15, 0.2) is 0 Å². The highest BCUT2D eigenvalue weighted by molar-refractivity contribution is 5.94. The van der Waals surface area contributed by atoms with Crippen LogP contribution in [0.1, 0.15) is 38.1 Å². The van der Waals surface area contributed by atoms with Gasteiger partial charge in [0, 0.05) is 13.1 Å². The smallest absolute Gasteiger partial charge is 0.337 e. The van der Waals surface area contributed by atoms with Crippen molar-refractivity contribution in [2.75, 3.05) is 11.9 Å². The number of carbonyl (C=O) groups is 1. The number of carboxylic acid groups (broad SMARTS) is 1. The molecule has 94 valence electrons. The van der Waals surface area contributed by atoms with Gasteiger partial charge in [0.2, 0.25) is 0 Å². The van der Waals surface area contributed by atoms with Gasteiger partial charge in [-0.3, -0.25) is 0 Å². The van der Waals surface area contributed by atoms with Gasteiger partial charge in [-0.2, -0.15) is 0 Å². The fourth-order valence-electron chi connectivity index (χ4n) is 1.75. The van der Waals surface area contributed by atoms with E-state index in [1.807, 2.05) is 24.1 Å². The molecule has 0 spiro atoms. The molecule has 1 rings (SSSR count). The van der Waals surface area contributed by atoms with Gasteiger partial charge in [-0.25, -0.2) is 4.79 Å². The Balaban J connectivity index is 3.12. The quantitative estimate of drug-likeness (QED) is 0.874. The summed E-state index contributed by atoms with van der Waals surface area (Å²) in [5.41, 5.74) is 1.22. The van der Waals surface area contributed by atoms with E-state index in [-0.39, 0.29) is 11.5 Å². The number of carboxylic acids is 1. The molecule has 1 aromatic carbocycles. The van der Waals surface area contributed by atoms with E-state index in [2.05, 4.69) is 27.7 Å². The van der Waals surface area contributed by atoms with Gasteiger partial charge in [-0.1, -0.05) is 32.9 Å². The third-order valence-corrected chi connectivity index (χ3v) is 3.35. The first-order chi connectivity index (χ1) is 7.75. The van der Waals surface area contributed by atoms with Gasteiger partial charge >= 0.3 is 5.97 Å². The van der Waals surface area contributed by atoms with Gasteiger partial charge in [0.1, 0.15) is 0 Å². The van der Waals surface area contributed by atoms with Crippen LogP contribution in [0.3, 0.4) is 0 Å². The van der Waals surface area contributed by atoms with E-state index in [4.69, 9.17) is 0 Å². The van der Waals surface area contributed by atoms with Crippen LogP contribution in [-0.4, -0.2) is 24.2 Å². The molecule has 1 aromatic rings. The Labute approximate surface area is 103 Å². The lowest BCUT2D eigenvalue weighted by atomic mass is 9.86. The molecule has 1 atom stereocenters. The molecule has 3 nitrogen and oxygen atoms in total. The van der Waals surface area contributed by atoms with Gasteiger partial charge in [0.05, 0.1) is 11.3 Å². The summed E-state index contributed by atoms with van der Waals surface area (Å²) in [7, 11) is 1.94. The monoisotopic (exact) mass is 235 g/mol. The number of aromatic carboxylic acids is 1. The first-order valence-electron chi connectivity index (χ1n) is 5.80. The van der Waals surface area contributed by atoms with Crippen molar-refractivity contribution >= 4 is 11.7 Å². The number of rotatable bonds is 3. The second-order valence-corrected chi connectivity index (χ2v) is 5.48. The third kappa shape index (κ3) is 2.99. The molecule has 0 aromatic heterocycles. The summed E-state index contributed by atoms with van der Waals surface area (Å²) in [5.74, 6) is -0.881. The number of hydrogen-bond acceptors (Lipinski definition) is 2. The van der Waals surface area contributed by atoms with Crippen molar-refractivity contribution in [3.05, 3.63) is 29.8 Å². The van der Waals surface area contributed by atoms with Crippen molar-refractivity contribution in [2.45, 2.75) is 33.7 Å². The number of benzene rings is 1. The molecule has 1 N–H and O–H groups in total. The minimum Gasteiger partial charge on any atom is -0.478 e. The first-order valence-corrected chi connectivity index (χ1v) is 5.80. The Morgan fingerprint density at radius 1 is 1.29 bits per heavy atom. The minimum atomic E-state index is -0.881. The van der Waals surface area contributed by atoms with Crippen molar-refractivity contribution in [2.24, 2.45) is 5.41 Å². The Kier molecular flexibility index (Phi) is 3.81. The fraction of sp³-hybridized carbons (Fsp3) is 0.500. The van der Waals surface area contributed by atoms with E-state index in [9.17, 15) is 9.90 Å². The zero-order chi connectivity index (χ0) is 13.2. The normalized spacial score (nSPS) is 13.2. The Hall–Kier alpha value is -1.51. The maximum absolute atomic E-state index is 11.2. The van der Waals surface area contributed by atoms with Gasteiger partial charge in [-0.15, -0.1) is 0 Å². The first kappa shape index (κ1) is 13.6. The van der Waals surface area contributed by atoms with Crippen LogP contribution in [0.4, 0.5) is 5.69 Å². The average molecular weight is 235 g/mol. The van der Waals surface area contributed by atoms with Gasteiger partial charge in [-0.05, 0) is 24.5 Å². The molecule has 3 heteroatoms. The van der Waals surface area contributed by atoms with E-state index >= 15 is 0 Å². The maximum Gasteiger partial charge on any atom is 0.337 e. The van der Waals surface area contributed by atoms with Crippen LogP contribution in [-0.2, 0) is 0 Å². The van der Waals surface area contributed by atoms with Crippen molar-refractivity contribution in [1.29, 1.82) is 0 Å². The van der Waals surface area contributed by atoms with Gasteiger partial charge < -0.3 is 10.0 Å². The molecule has 1 unspecified atom stereocenters. The van der Waals surface area contributed by atoms with Crippen LogP contribution in [0.2, 0.25) is 0 Å². The molecule has 0 aliphatic heterocycles. The number of hydrogen-bond donors (Lipinski definition) is 1. The SMILES string of the molecule is CC(N(C)c1ccccc1C(=O)O)C(C)(C)C. The van der Waals surface area contributed by atoms with Crippen molar-refractivity contribution < 1.29 is 9.90 Å². The summed E-state index contributed by atoms with van der Waals surface area (Å²) >= 11 is 0. The van der Waals surface area contributed by atoms with E-state index in [1.165, 1.54) is 0 Å². The second kappa shape index (κ2) is 4.78. The standard InChI is InChI=1S/C14H21NO2/c1-10(14(2,3)4)15(5)12-9-7-6-8-11(12)13(16)17/h6-10H,1-5H3,(H,16,17). The number of anilines is 1. The molecule has 0 saturated carbocycles. The highest BCUT2D eigenvalue weighted by atomic mass is 16.4. The molecule has 0 saturated heterocycles. The highest BCUT2D eigenvalue weighted by Crippen LogP contribution is 2.29. The Morgan fingerprint density at radius 3 is 2.29 bits per heavy atom. The summed E-state index contributed by atoms with van der Waals surface area (Å²) in [4.78, 5) is 13.2. The largest absolute Gasteiger partial charge is 0.478 e. The molecule has 0 heterocycles. The highest BCUT2D eigenvalue weighted by Gasteiger charge is 2.26. The number of nitrogens with zero attached hydrogens (tertiary/aromatic N) is 1. The van der Waals surface area contributed by atoms with Crippen LogP contribution < -0.4 is 4.90 Å². The third-order valence-electron chi connectivity index (χ3n) is 3.35. The molecular weight excluding hydrogens is 214 g/mol. The van der Waals surface area contributed by atoms with Crippen molar-refractivity contribution in [3.63, 3.8) is 0 Å². The Bertz CT molecular complexity index is 407. The van der Waals surface area contributed by atoms with Crippen LogP contribution >= 0.6 is 0 Å². The van der Waals surface area contributed by atoms with E-state index in [0.717, 1.165) is 5.69 Å². The van der Waals surface area contributed by atoms with Gasteiger partial charge in [0.25, 0.3) is 0 Å². The lowest BCUT2D eigenvalue weighted by Crippen LogP contribution is -2.40. The average Bonchev–Trinajstić information content (AvgIpc) is 2.25. The Morgan fingerprint density at radius 2 is 1.82 bits per heavy atom. The van der Waals surface area contributed by atoms with E-state index < -0.39 is 5.97 Å². The van der Waals surface area contributed by atoms with Crippen LogP contribution in [0.5, 0.6) is 0 Å². The summed E-state index contributed by atoms with van der Waals surface area (Å²) in [6.07, 6.45) is 0. The predicted molar refractivity (Wildman–Crippen MR) is 70.7 cm³/mol. The van der Waals surface area contributed by atoms with Crippen LogP contribution in [0.25, 0.3) is 0 Å². The molecule has 0 fully saturated rings. The molecule has 0 aliphatic rings. The summed E-state index contributed by atoms with van der Waals surface area (Å²) in [6.45, 7) is 8.56. The zero-order valence-corrected chi connectivity index (χ0v) is 11.2. The zero-order valence-electron chi connectivity index (χ0n) is 11.2. The molecule has 17 heavy (non-hydrogen) atoms. The minimum absolute atomic E-state index is 0.0976. The van der Waals surface area contributed by atoms with Crippen molar-refractivity contribution in [1.82, 2.24) is 0 Å². The maximum atomic E-state index is 11.2. The summed E-state index contributed by atoms with van der Waals surface area (Å²) < 4.78 is 0. The summed E-state index contributed by atoms with van der Waals surface area (Å²) in [5, 5.41) is 9.17. The lowest BCUT2D eigenvalue weighted by Gasteiger charge is -2.37. The molecule has 0 radical (unpaired) electrons. The lowest BCUT2D eigenvalue weighted by molar-refractivity contribution is 0.0697. The molecular formula is C14H21NO2. The van der Waals surface area contributed by atoms with E-state index in [0.29, 0.717) is 5.56 Å².